The normalized spacial score (nSPS) is 10.0. The minimum atomic E-state index is -0.161. The first-order chi connectivity index (χ1) is 9.70. The van der Waals surface area contributed by atoms with E-state index in [1.165, 1.54) is 6.39 Å². The molecule has 0 fully saturated rings. The molecule has 0 aliphatic carbocycles. The molecule has 102 valence electrons. The van der Waals surface area contributed by atoms with Crippen LogP contribution in [0, 0.1) is 19.3 Å². The van der Waals surface area contributed by atoms with Crippen molar-refractivity contribution in [3.63, 3.8) is 0 Å². The van der Waals surface area contributed by atoms with Crippen LogP contribution in [0.1, 0.15) is 5.56 Å². The zero-order valence-electron chi connectivity index (χ0n) is 11.0. The number of amides is 1. The third kappa shape index (κ3) is 3.43. The van der Waals surface area contributed by atoms with E-state index in [2.05, 4.69) is 26.8 Å². The number of benzene rings is 1. The van der Waals surface area contributed by atoms with Crippen LogP contribution in [0.5, 0.6) is 0 Å². The van der Waals surface area contributed by atoms with Crippen LogP contribution in [0.3, 0.4) is 0 Å². The van der Waals surface area contributed by atoms with Gasteiger partial charge in [-0.15, -0.1) is 16.6 Å². The SMILES string of the molecule is C#CCNCC(=O)Nc1cc(-c2nnco2)ccc1C. The van der Waals surface area contributed by atoms with E-state index in [1.54, 1.807) is 6.07 Å². The van der Waals surface area contributed by atoms with Gasteiger partial charge in [0.1, 0.15) is 0 Å². The summed E-state index contributed by atoms with van der Waals surface area (Å²) in [5.74, 6) is 2.65. The Bertz CT molecular complexity index is 629. The fourth-order valence-corrected chi connectivity index (χ4v) is 1.63. The molecule has 2 rings (SSSR count). The van der Waals surface area contributed by atoms with Crippen LogP contribution < -0.4 is 10.6 Å². The molecule has 0 radical (unpaired) electrons. The van der Waals surface area contributed by atoms with Gasteiger partial charge < -0.3 is 9.73 Å². The van der Waals surface area contributed by atoms with Gasteiger partial charge in [-0.25, -0.2) is 0 Å². The Morgan fingerprint density at radius 1 is 1.50 bits per heavy atom. The van der Waals surface area contributed by atoms with Crippen LogP contribution in [-0.4, -0.2) is 29.2 Å². The first kappa shape index (κ1) is 13.8. The smallest absolute Gasteiger partial charge is 0.247 e. The molecule has 0 unspecified atom stereocenters. The minimum Gasteiger partial charge on any atom is -0.423 e. The van der Waals surface area contributed by atoms with Crippen molar-refractivity contribution in [1.82, 2.24) is 15.5 Å². The molecule has 1 aromatic heterocycles. The lowest BCUT2D eigenvalue weighted by molar-refractivity contribution is -0.115. The van der Waals surface area contributed by atoms with Crippen molar-refractivity contribution in [3.05, 3.63) is 30.2 Å². The molecule has 0 aliphatic heterocycles. The van der Waals surface area contributed by atoms with Crippen LogP contribution in [0.15, 0.2) is 29.0 Å². The number of hydrogen-bond donors (Lipinski definition) is 2. The van der Waals surface area contributed by atoms with Gasteiger partial charge in [-0.3, -0.25) is 10.1 Å². The standard InChI is InChI=1S/C14H14N4O2/c1-3-6-15-8-13(19)17-12-7-11(5-4-10(12)2)14-18-16-9-20-14/h1,4-5,7,9,15H,6,8H2,2H3,(H,17,19). The third-order valence-electron chi connectivity index (χ3n) is 2.63. The number of nitrogens with one attached hydrogen (secondary N) is 2. The molecule has 2 aromatic rings. The molecular formula is C14H14N4O2. The minimum absolute atomic E-state index is 0.161. The van der Waals surface area contributed by atoms with E-state index in [0.29, 0.717) is 18.1 Å². The summed E-state index contributed by atoms with van der Waals surface area (Å²) in [5, 5.41) is 13.1. The van der Waals surface area contributed by atoms with Crippen molar-refractivity contribution >= 4 is 11.6 Å². The molecule has 2 N–H and O–H groups in total. The third-order valence-corrected chi connectivity index (χ3v) is 2.63. The van der Waals surface area contributed by atoms with Gasteiger partial charge in [-0.1, -0.05) is 12.0 Å². The summed E-state index contributed by atoms with van der Waals surface area (Å²) in [7, 11) is 0. The van der Waals surface area contributed by atoms with Gasteiger partial charge >= 0.3 is 0 Å². The Morgan fingerprint density at radius 3 is 3.05 bits per heavy atom. The number of rotatable bonds is 5. The molecule has 0 spiro atoms. The lowest BCUT2D eigenvalue weighted by Gasteiger charge is -2.09. The lowest BCUT2D eigenvalue weighted by atomic mass is 10.1. The summed E-state index contributed by atoms with van der Waals surface area (Å²) in [6.07, 6.45) is 6.36. The average Bonchev–Trinajstić information content (AvgIpc) is 2.95. The van der Waals surface area contributed by atoms with Gasteiger partial charge in [-0.05, 0) is 24.6 Å². The van der Waals surface area contributed by atoms with Gasteiger partial charge in [-0.2, -0.15) is 0 Å². The van der Waals surface area contributed by atoms with Gasteiger partial charge in [0.2, 0.25) is 18.2 Å². The van der Waals surface area contributed by atoms with E-state index in [1.807, 2.05) is 19.1 Å². The van der Waals surface area contributed by atoms with Crippen LogP contribution in [0.2, 0.25) is 0 Å². The second-order valence-electron chi connectivity index (χ2n) is 4.13. The Kier molecular flexibility index (Phi) is 4.47. The average molecular weight is 270 g/mol. The van der Waals surface area contributed by atoms with Crippen molar-refractivity contribution in [2.24, 2.45) is 0 Å². The van der Waals surface area contributed by atoms with Crippen LogP contribution in [0.4, 0.5) is 5.69 Å². The Labute approximate surface area is 116 Å². The van der Waals surface area contributed by atoms with Gasteiger partial charge in [0.05, 0.1) is 13.1 Å². The summed E-state index contributed by atoms with van der Waals surface area (Å²) < 4.78 is 5.13. The Hall–Kier alpha value is -2.65. The maximum Gasteiger partial charge on any atom is 0.247 e. The zero-order valence-corrected chi connectivity index (χ0v) is 11.0. The van der Waals surface area contributed by atoms with E-state index < -0.39 is 0 Å². The highest BCUT2D eigenvalue weighted by Crippen LogP contribution is 2.23. The van der Waals surface area contributed by atoms with E-state index >= 15 is 0 Å². The lowest BCUT2D eigenvalue weighted by Crippen LogP contribution is -2.28. The molecule has 0 saturated heterocycles. The fourth-order valence-electron chi connectivity index (χ4n) is 1.63. The molecule has 0 saturated carbocycles. The maximum absolute atomic E-state index is 11.7. The number of nitrogens with zero attached hydrogens (tertiary/aromatic N) is 2. The predicted octanol–water partition coefficient (Wildman–Crippen LogP) is 1.21. The molecule has 20 heavy (non-hydrogen) atoms. The second-order valence-corrected chi connectivity index (χ2v) is 4.13. The molecule has 6 heteroatoms. The highest BCUT2D eigenvalue weighted by atomic mass is 16.4. The first-order valence-electron chi connectivity index (χ1n) is 6.02. The number of terminal acetylenes is 1. The number of carbonyl (C=O) groups excluding carboxylic acids is 1. The van der Waals surface area contributed by atoms with Gasteiger partial charge in [0, 0.05) is 11.3 Å². The molecular weight excluding hydrogens is 256 g/mol. The van der Waals surface area contributed by atoms with Crippen LogP contribution >= 0.6 is 0 Å². The topological polar surface area (TPSA) is 80.0 Å². The Morgan fingerprint density at radius 2 is 2.35 bits per heavy atom. The molecule has 0 aliphatic rings. The van der Waals surface area contributed by atoms with Crippen LogP contribution in [-0.2, 0) is 4.79 Å². The van der Waals surface area contributed by atoms with Crippen molar-refractivity contribution in [2.75, 3.05) is 18.4 Å². The summed E-state index contributed by atoms with van der Waals surface area (Å²) in [6.45, 7) is 2.42. The second kappa shape index (κ2) is 6.50. The quantitative estimate of drug-likeness (QED) is 0.630. The Balaban J connectivity index is 2.09. The highest BCUT2D eigenvalue weighted by Gasteiger charge is 2.09. The van der Waals surface area contributed by atoms with Crippen molar-refractivity contribution in [3.8, 4) is 23.8 Å². The summed E-state index contributed by atoms with van der Waals surface area (Å²) in [6, 6.07) is 5.53. The predicted molar refractivity (Wildman–Crippen MR) is 74.8 cm³/mol. The number of aryl methyl sites for hydroxylation is 1. The molecule has 1 amide bonds. The number of aromatic nitrogens is 2. The zero-order chi connectivity index (χ0) is 14.4. The molecule has 0 bridgehead atoms. The van der Waals surface area contributed by atoms with E-state index in [4.69, 9.17) is 10.8 Å². The number of anilines is 1. The van der Waals surface area contributed by atoms with E-state index in [-0.39, 0.29) is 12.5 Å². The van der Waals surface area contributed by atoms with E-state index in [9.17, 15) is 4.79 Å². The van der Waals surface area contributed by atoms with Crippen molar-refractivity contribution < 1.29 is 9.21 Å². The summed E-state index contributed by atoms with van der Waals surface area (Å²) >= 11 is 0. The first-order valence-corrected chi connectivity index (χ1v) is 6.02. The number of hydrogen-bond acceptors (Lipinski definition) is 5. The largest absolute Gasteiger partial charge is 0.423 e. The molecule has 0 atom stereocenters. The summed E-state index contributed by atoms with van der Waals surface area (Å²) in [5.41, 5.74) is 2.40. The number of carbonyl (C=O) groups is 1. The fraction of sp³-hybridized carbons (Fsp3) is 0.214. The van der Waals surface area contributed by atoms with Gasteiger partial charge in [0.15, 0.2) is 0 Å². The molecule has 1 aromatic carbocycles. The maximum atomic E-state index is 11.7. The van der Waals surface area contributed by atoms with E-state index in [0.717, 1.165) is 11.1 Å². The molecule has 1 heterocycles. The highest BCUT2D eigenvalue weighted by molar-refractivity contribution is 5.93. The monoisotopic (exact) mass is 270 g/mol. The van der Waals surface area contributed by atoms with Crippen molar-refractivity contribution in [1.29, 1.82) is 0 Å². The van der Waals surface area contributed by atoms with Crippen LogP contribution in [0.25, 0.3) is 11.5 Å². The summed E-state index contributed by atoms with van der Waals surface area (Å²) in [4.78, 5) is 11.7. The van der Waals surface area contributed by atoms with Gasteiger partial charge in [0.25, 0.3) is 0 Å². The molecule has 6 nitrogen and oxygen atoms in total. The van der Waals surface area contributed by atoms with Crippen molar-refractivity contribution in [2.45, 2.75) is 6.92 Å².